The van der Waals surface area contributed by atoms with Gasteiger partial charge in [0.15, 0.2) is 11.5 Å². The first kappa shape index (κ1) is 17.6. The van der Waals surface area contributed by atoms with E-state index >= 15 is 0 Å². The van der Waals surface area contributed by atoms with Crippen LogP contribution in [0.15, 0.2) is 36.9 Å². The number of hydrogen-bond donors (Lipinski definition) is 1. The molecule has 0 radical (unpaired) electrons. The predicted octanol–water partition coefficient (Wildman–Crippen LogP) is 4.46. The van der Waals surface area contributed by atoms with Crippen LogP contribution in [0.3, 0.4) is 0 Å². The molecule has 3 nitrogen and oxygen atoms in total. The van der Waals surface area contributed by atoms with Crippen LogP contribution in [0, 0.1) is 11.8 Å². The summed E-state index contributed by atoms with van der Waals surface area (Å²) in [4.78, 5) is 0. The van der Waals surface area contributed by atoms with E-state index in [2.05, 4.69) is 20.1 Å². The fraction of sp³-hybridized carbons (Fsp3) is 0.500. The van der Waals surface area contributed by atoms with Gasteiger partial charge in [-0.05, 0) is 55.4 Å². The summed E-state index contributed by atoms with van der Waals surface area (Å²) in [6.07, 6.45) is 2.76. The minimum Gasteiger partial charge on any atom is -0.493 e. The number of rotatable bonds is 5. The van der Waals surface area contributed by atoms with E-state index in [0.717, 1.165) is 29.6 Å². The van der Waals surface area contributed by atoms with Gasteiger partial charge in [0.1, 0.15) is 0 Å². The van der Waals surface area contributed by atoms with Crippen molar-refractivity contribution in [1.82, 2.24) is 0 Å². The van der Waals surface area contributed by atoms with E-state index in [-0.39, 0.29) is 5.92 Å². The molecule has 1 N–H and O–H groups in total. The van der Waals surface area contributed by atoms with Crippen LogP contribution in [0.1, 0.15) is 38.7 Å². The molecule has 126 valence electrons. The highest BCUT2D eigenvalue weighted by atomic mass is 16.5. The molecule has 3 heteroatoms. The van der Waals surface area contributed by atoms with Crippen LogP contribution in [0.5, 0.6) is 11.5 Å². The summed E-state index contributed by atoms with van der Waals surface area (Å²) in [5.41, 5.74) is 1.67. The van der Waals surface area contributed by atoms with Crippen LogP contribution in [0.4, 0.5) is 0 Å². The maximum absolute atomic E-state index is 11.5. The Bertz CT molecular complexity index is 605. The standard InChI is InChI=1S/C20H28O3/c1-13(2)17-9-7-14(3)12-20(17,21)15(4)16-8-10-18(22-5)19(11-16)23-6/h8,10-11,14,17,21H,1,4,7,9,12H2,2-3,5-6H3/t14-,17+,20-/m0/s1. The number of methoxy groups -OCH3 is 2. The van der Waals surface area contributed by atoms with Crippen LogP contribution < -0.4 is 9.47 Å². The van der Waals surface area contributed by atoms with Gasteiger partial charge in [-0.15, -0.1) is 0 Å². The maximum atomic E-state index is 11.5. The third-order valence-corrected chi connectivity index (χ3v) is 5.03. The lowest BCUT2D eigenvalue weighted by Gasteiger charge is -2.44. The van der Waals surface area contributed by atoms with E-state index < -0.39 is 5.60 Å². The largest absolute Gasteiger partial charge is 0.493 e. The third-order valence-electron chi connectivity index (χ3n) is 5.03. The molecule has 23 heavy (non-hydrogen) atoms. The molecule has 0 heterocycles. The van der Waals surface area contributed by atoms with Gasteiger partial charge in [0.2, 0.25) is 0 Å². The van der Waals surface area contributed by atoms with Crippen molar-refractivity contribution in [3.63, 3.8) is 0 Å². The Morgan fingerprint density at radius 1 is 1.17 bits per heavy atom. The summed E-state index contributed by atoms with van der Waals surface area (Å²) < 4.78 is 10.7. The normalized spacial score (nSPS) is 27.3. The number of aliphatic hydroxyl groups is 1. The molecule has 1 aliphatic carbocycles. The first-order chi connectivity index (χ1) is 10.8. The molecule has 0 bridgehead atoms. The van der Waals surface area contributed by atoms with Gasteiger partial charge in [-0.1, -0.05) is 31.7 Å². The van der Waals surface area contributed by atoms with E-state index in [1.807, 2.05) is 25.1 Å². The lowest BCUT2D eigenvalue weighted by atomic mass is 9.65. The van der Waals surface area contributed by atoms with Gasteiger partial charge in [-0.25, -0.2) is 0 Å². The molecule has 2 rings (SSSR count). The molecule has 0 aromatic heterocycles. The van der Waals surface area contributed by atoms with Gasteiger partial charge in [0.25, 0.3) is 0 Å². The predicted molar refractivity (Wildman–Crippen MR) is 94.8 cm³/mol. The Morgan fingerprint density at radius 2 is 1.83 bits per heavy atom. The summed E-state index contributed by atoms with van der Waals surface area (Å²) in [5.74, 6) is 1.82. The Hall–Kier alpha value is -1.74. The van der Waals surface area contributed by atoms with Crippen molar-refractivity contribution in [2.75, 3.05) is 14.2 Å². The highest BCUT2D eigenvalue weighted by Gasteiger charge is 2.44. The maximum Gasteiger partial charge on any atom is 0.161 e. The minimum atomic E-state index is -0.955. The van der Waals surface area contributed by atoms with Gasteiger partial charge >= 0.3 is 0 Å². The van der Waals surface area contributed by atoms with Gasteiger partial charge in [-0.2, -0.15) is 0 Å². The number of benzene rings is 1. The topological polar surface area (TPSA) is 38.7 Å². The highest BCUT2D eigenvalue weighted by molar-refractivity contribution is 5.73. The first-order valence-corrected chi connectivity index (χ1v) is 8.13. The van der Waals surface area contributed by atoms with E-state index in [9.17, 15) is 5.11 Å². The second-order valence-electron chi connectivity index (χ2n) is 6.76. The third kappa shape index (κ3) is 3.30. The van der Waals surface area contributed by atoms with Crippen LogP contribution in [-0.4, -0.2) is 24.9 Å². The van der Waals surface area contributed by atoms with Crippen molar-refractivity contribution in [2.45, 2.75) is 38.7 Å². The molecule has 1 aliphatic rings. The van der Waals surface area contributed by atoms with Crippen LogP contribution >= 0.6 is 0 Å². The molecule has 0 spiro atoms. The van der Waals surface area contributed by atoms with E-state index in [0.29, 0.717) is 23.8 Å². The van der Waals surface area contributed by atoms with Gasteiger partial charge in [-0.3, -0.25) is 0 Å². The Morgan fingerprint density at radius 3 is 2.39 bits per heavy atom. The van der Waals surface area contributed by atoms with E-state index in [1.54, 1.807) is 14.2 Å². The molecule has 1 fully saturated rings. The molecule has 1 aromatic rings. The zero-order valence-corrected chi connectivity index (χ0v) is 14.7. The van der Waals surface area contributed by atoms with Crippen molar-refractivity contribution >= 4 is 5.57 Å². The molecule has 1 aromatic carbocycles. The quantitative estimate of drug-likeness (QED) is 0.815. The zero-order chi connectivity index (χ0) is 17.2. The molecule has 0 amide bonds. The monoisotopic (exact) mass is 316 g/mol. The summed E-state index contributed by atoms with van der Waals surface area (Å²) in [6.45, 7) is 12.5. The van der Waals surface area contributed by atoms with Gasteiger partial charge in [0.05, 0.1) is 19.8 Å². The zero-order valence-electron chi connectivity index (χ0n) is 14.7. The average molecular weight is 316 g/mol. The molecule has 0 saturated heterocycles. The highest BCUT2D eigenvalue weighted by Crippen LogP contribution is 2.47. The smallest absolute Gasteiger partial charge is 0.161 e. The number of hydrogen-bond acceptors (Lipinski definition) is 3. The van der Waals surface area contributed by atoms with Crippen molar-refractivity contribution in [3.05, 3.63) is 42.5 Å². The fourth-order valence-electron chi connectivity index (χ4n) is 3.73. The average Bonchev–Trinajstić information content (AvgIpc) is 2.52. The Balaban J connectivity index is 2.41. The number of ether oxygens (including phenoxy) is 2. The lowest BCUT2D eigenvalue weighted by molar-refractivity contribution is 0.00265. The Labute approximate surface area is 139 Å². The summed E-state index contributed by atoms with van der Waals surface area (Å²) in [7, 11) is 3.22. The summed E-state index contributed by atoms with van der Waals surface area (Å²) in [5, 5.41) is 11.5. The summed E-state index contributed by atoms with van der Waals surface area (Å²) in [6, 6.07) is 5.66. The van der Waals surface area contributed by atoms with Crippen molar-refractivity contribution in [2.24, 2.45) is 11.8 Å². The van der Waals surface area contributed by atoms with E-state index in [4.69, 9.17) is 9.47 Å². The van der Waals surface area contributed by atoms with Crippen LogP contribution in [0.25, 0.3) is 5.57 Å². The second-order valence-corrected chi connectivity index (χ2v) is 6.76. The van der Waals surface area contributed by atoms with Crippen molar-refractivity contribution in [1.29, 1.82) is 0 Å². The van der Waals surface area contributed by atoms with Gasteiger partial charge in [0, 0.05) is 5.92 Å². The molecule has 0 aliphatic heterocycles. The second kappa shape index (κ2) is 6.79. The van der Waals surface area contributed by atoms with Gasteiger partial charge < -0.3 is 14.6 Å². The Kier molecular flexibility index (Phi) is 5.20. The minimum absolute atomic E-state index is 0.0410. The fourth-order valence-corrected chi connectivity index (χ4v) is 3.73. The van der Waals surface area contributed by atoms with Crippen molar-refractivity contribution in [3.8, 4) is 11.5 Å². The molecule has 3 atom stereocenters. The van der Waals surface area contributed by atoms with Crippen LogP contribution in [-0.2, 0) is 0 Å². The van der Waals surface area contributed by atoms with Crippen LogP contribution in [0.2, 0.25) is 0 Å². The van der Waals surface area contributed by atoms with Crippen molar-refractivity contribution < 1.29 is 14.6 Å². The summed E-state index contributed by atoms with van der Waals surface area (Å²) >= 11 is 0. The first-order valence-electron chi connectivity index (χ1n) is 8.13. The molecular formula is C20H28O3. The molecule has 1 saturated carbocycles. The molecule has 0 unspecified atom stereocenters. The van der Waals surface area contributed by atoms with E-state index in [1.165, 1.54) is 0 Å². The molecular weight excluding hydrogens is 288 g/mol. The SMILES string of the molecule is C=C(C)[C@H]1CC[C@H](C)C[C@]1(O)C(=C)c1ccc(OC)c(OC)c1. The lowest BCUT2D eigenvalue weighted by Crippen LogP contribution is -2.44.